The van der Waals surface area contributed by atoms with Crippen LogP contribution >= 0.6 is 0 Å². The normalized spacial score (nSPS) is 22.1. The molecule has 1 fully saturated rings. The molecule has 29 heavy (non-hydrogen) atoms. The molecule has 0 spiro atoms. The fourth-order valence-corrected chi connectivity index (χ4v) is 4.15. The van der Waals surface area contributed by atoms with Gasteiger partial charge in [-0.3, -0.25) is 4.79 Å². The number of Topliss-reactive ketones (excluding diaryl/α,β-unsaturated/α-hetero) is 1. The van der Waals surface area contributed by atoms with Crippen LogP contribution in [-0.4, -0.2) is 54.3 Å². The summed E-state index contributed by atoms with van der Waals surface area (Å²) in [4.78, 5) is 23.9. The smallest absolute Gasteiger partial charge is 0.213 e. The van der Waals surface area contributed by atoms with E-state index in [0.717, 1.165) is 30.2 Å². The highest BCUT2D eigenvalue weighted by Gasteiger charge is 2.26. The van der Waals surface area contributed by atoms with Gasteiger partial charge in [-0.1, -0.05) is 0 Å². The number of hydrogen-bond acceptors (Lipinski definition) is 6. The molecule has 2 aromatic heterocycles. The van der Waals surface area contributed by atoms with Gasteiger partial charge in [-0.2, -0.15) is 4.39 Å². The maximum absolute atomic E-state index is 13.5. The van der Waals surface area contributed by atoms with Gasteiger partial charge in [-0.25, -0.2) is 9.97 Å². The summed E-state index contributed by atoms with van der Waals surface area (Å²) in [5.41, 5.74) is 3.17. The monoisotopic (exact) mass is 399 g/mol. The Morgan fingerprint density at radius 3 is 2.72 bits per heavy atom. The largest absolute Gasteiger partial charge is 0.381 e. The average Bonchev–Trinajstić information content (AvgIpc) is 2.92. The Bertz CT molecular complexity index is 895. The number of rotatable bonds is 4. The van der Waals surface area contributed by atoms with Crippen molar-refractivity contribution >= 4 is 11.6 Å². The summed E-state index contributed by atoms with van der Waals surface area (Å²) in [6.07, 6.45) is 3.06. The molecule has 0 amide bonds. The second kappa shape index (κ2) is 8.55. The van der Waals surface area contributed by atoms with E-state index in [4.69, 9.17) is 14.5 Å². The number of carbonyl (C=O) groups excluding carboxylic acids is 1. The molecule has 4 rings (SSSR count). The Kier molecular flexibility index (Phi) is 5.87. The lowest BCUT2D eigenvalue weighted by Gasteiger charge is -2.36. The molecule has 2 aliphatic rings. The van der Waals surface area contributed by atoms with Crippen LogP contribution in [0.1, 0.15) is 41.0 Å². The molecule has 4 heterocycles. The Hall–Kier alpha value is -2.38. The maximum atomic E-state index is 13.5. The van der Waals surface area contributed by atoms with Crippen LogP contribution in [0.2, 0.25) is 0 Å². The standard InChI is InChI=1S/C22H26FN3O3/c1-14-12-26(13-15(2)29-14)22-11-18(17-4-7-28-8-5-19(17)25-22)20(27)9-16-3-6-24-21(23)10-16/h3,6,10-11,14-15H,4-5,7-9,12-13H2,1-2H3/t14-,15+. The predicted molar refractivity (Wildman–Crippen MR) is 107 cm³/mol. The number of morpholine rings is 1. The van der Waals surface area contributed by atoms with Crippen molar-refractivity contribution in [2.75, 3.05) is 31.2 Å². The molecule has 2 aromatic rings. The fourth-order valence-electron chi connectivity index (χ4n) is 4.15. The van der Waals surface area contributed by atoms with E-state index in [1.165, 1.54) is 12.3 Å². The highest BCUT2D eigenvalue weighted by molar-refractivity contribution is 5.99. The van der Waals surface area contributed by atoms with E-state index in [9.17, 15) is 9.18 Å². The van der Waals surface area contributed by atoms with Gasteiger partial charge in [0, 0.05) is 43.4 Å². The van der Waals surface area contributed by atoms with Crippen LogP contribution in [0.4, 0.5) is 10.2 Å². The van der Waals surface area contributed by atoms with E-state index >= 15 is 0 Å². The molecule has 2 aliphatic heterocycles. The number of hydrogen-bond donors (Lipinski definition) is 0. The molecule has 6 nitrogen and oxygen atoms in total. The first-order chi connectivity index (χ1) is 14.0. The van der Waals surface area contributed by atoms with Crippen LogP contribution in [0.5, 0.6) is 0 Å². The summed E-state index contributed by atoms with van der Waals surface area (Å²) in [6, 6.07) is 4.89. The van der Waals surface area contributed by atoms with Crippen molar-refractivity contribution in [2.24, 2.45) is 0 Å². The molecule has 1 saturated heterocycles. The first-order valence-electron chi connectivity index (χ1n) is 10.1. The molecule has 0 bridgehead atoms. The zero-order chi connectivity index (χ0) is 20.4. The molecule has 0 aliphatic carbocycles. The molecule has 154 valence electrons. The molecule has 0 saturated carbocycles. The number of ketones is 1. The molecule has 7 heteroatoms. The lowest BCUT2D eigenvalue weighted by molar-refractivity contribution is -0.00547. The maximum Gasteiger partial charge on any atom is 0.213 e. The Morgan fingerprint density at radius 1 is 1.21 bits per heavy atom. The van der Waals surface area contributed by atoms with Crippen molar-refractivity contribution in [1.82, 2.24) is 9.97 Å². The van der Waals surface area contributed by atoms with Crippen LogP contribution in [0, 0.1) is 5.95 Å². The van der Waals surface area contributed by atoms with Gasteiger partial charge < -0.3 is 14.4 Å². The second-order valence-electron chi connectivity index (χ2n) is 7.81. The van der Waals surface area contributed by atoms with E-state index < -0.39 is 5.95 Å². The highest BCUT2D eigenvalue weighted by atomic mass is 19.1. The molecule has 0 aromatic carbocycles. The third kappa shape index (κ3) is 4.62. The fraction of sp³-hybridized carbons (Fsp3) is 0.500. The summed E-state index contributed by atoms with van der Waals surface area (Å²) in [6.45, 7) is 6.73. The molecule has 2 atom stereocenters. The first kappa shape index (κ1) is 19.9. The van der Waals surface area contributed by atoms with Crippen LogP contribution < -0.4 is 4.90 Å². The van der Waals surface area contributed by atoms with Gasteiger partial charge in [-0.15, -0.1) is 0 Å². The topological polar surface area (TPSA) is 64.6 Å². The van der Waals surface area contributed by atoms with E-state index in [0.29, 0.717) is 37.2 Å². The van der Waals surface area contributed by atoms with Gasteiger partial charge in [0.25, 0.3) is 0 Å². The van der Waals surface area contributed by atoms with Gasteiger partial charge in [0.1, 0.15) is 5.82 Å². The number of ether oxygens (including phenoxy) is 2. The van der Waals surface area contributed by atoms with E-state index in [1.54, 1.807) is 6.07 Å². The minimum Gasteiger partial charge on any atom is -0.381 e. The highest BCUT2D eigenvalue weighted by Crippen LogP contribution is 2.27. The van der Waals surface area contributed by atoms with Crippen molar-refractivity contribution in [3.8, 4) is 0 Å². The lowest BCUT2D eigenvalue weighted by Crippen LogP contribution is -2.46. The van der Waals surface area contributed by atoms with Crippen molar-refractivity contribution in [1.29, 1.82) is 0 Å². The van der Waals surface area contributed by atoms with Crippen molar-refractivity contribution < 1.29 is 18.7 Å². The van der Waals surface area contributed by atoms with Gasteiger partial charge in [0.05, 0.1) is 25.4 Å². The van der Waals surface area contributed by atoms with E-state index in [2.05, 4.69) is 9.88 Å². The van der Waals surface area contributed by atoms with Crippen molar-refractivity contribution in [2.45, 2.75) is 45.3 Å². The van der Waals surface area contributed by atoms with Crippen molar-refractivity contribution in [3.63, 3.8) is 0 Å². The predicted octanol–water partition coefficient (Wildman–Crippen LogP) is 2.77. The lowest BCUT2D eigenvalue weighted by atomic mass is 9.95. The zero-order valence-corrected chi connectivity index (χ0v) is 16.9. The number of anilines is 1. The Balaban J connectivity index is 1.70. The summed E-state index contributed by atoms with van der Waals surface area (Å²) in [5, 5.41) is 0. The van der Waals surface area contributed by atoms with Crippen molar-refractivity contribution in [3.05, 3.63) is 52.7 Å². The first-order valence-corrected chi connectivity index (χ1v) is 10.1. The Labute approximate surface area is 170 Å². The van der Waals surface area contributed by atoms with Gasteiger partial charge in [0.2, 0.25) is 5.95 Å². The minimum absolute atomic E-state index is 0.0354. The number of fused-ring (bicyclic) bond motifs is 1. The number of pyridine rings is 2. The molecular weight excluding hydrogens is 373 g/mol. The van der Waals surface area contributed by atoms with Gasteiger partial charge in [-0.05, 0) is 49.6 Å². The Morgan fingerprint density at radius 2 is 1.97 bits per heavy atom. The molecule has 0 radical (unpaired) electrons. The quantitative estimate of drug-likeness (QED) is 0.582. The molecule has 0 unspecified atom stereocenters. The SMILES string of the molecule is C[C@@H]1CN(c2cc(C(=O)Cc3ccnc(F)c3)c3c(n2)CCOCC3)C[C@H](C)O1. The van der Waals surface area contributed by atoms with Crippen LogP contribution in [0.15, 0.2) is 24.4 Å². The summed E-state index contributed by atoms with van der Waals surface area (Å²) in [5.74, 6) is 0.193. The van der Waals surface area contributed by atoms with Crippen LogP contribution in [0.3, 0.4) is 0 Å². The number of carbonyl (C=O) groups is 1. The van der Waals surface area contributed by atoms with E-state index in [1.807, 2.05) is 19.9 Å². The molecule has 0 N–H and O–H groups in total. The van der Waals surface area contributed by atoms with Gasteiger partial charge >= 0.3 is 0 Å². The van der Waals surface area contributed by atoms with Crippen LogP contribution in [-0.2, 0) is 28.7 Å². The third-order valence-electron chi connectivity index (χ3n) is 5.38. The number of nitrogens with zero attached hydrogens (tertiary/aromatic N) is 3. The summed E-state index contributed by atoms with van der Waals surface area (Å²) in [7, 11) is 0. The van der Waals surface area contributed by atoms with Crippen LogP contribution in [0.25, 0.3) is 0 Å². The van der Waals surface area contributed by atoms with Gasteiger partial charge in [0.15, 0.2) is 5.78 Å². The van der Waals surface area contributed by atoms with E-state index in [-0.39, 0.29) is 24.4 Å². The minimum atomic E-state index is -0.575. The number of halogens is 1. The number of aromatic nitrogens is 2. The molecular formula is C22H26FN3O3. The summed E-state index contributed by atoms with van der Waals surface area (Å²) < 4.78 is 24.9. The average molecular weight is 399 g/mol. The second-order valence-corrected chi connectivity index (χ2v) is 7.81. The zero-order valence-electron chi connectivity index (χ0n) is 16.9. The summed E-state index contributed by atoms with van der Waals surface area (Å²) >= 11 is 0. The third-order valence-corrected chi connectivity index (χ3v) is 5.38.